The van der Waals surface area contributed by atoms with Crippen molar-refractivity contribution in [3.8, 4) is 5.69 Å². The summed E-state index contributed by atoms with van der Waals surface area (Å²) in [4.78, 5) is 13.7. The molecular formula is C11H6BrF4N3O2. The van der Waals surface area contributed by atoms with Crippen LogP contribution < -0.4 is 0 Å². The lowest BCUT2D eigenvalue weighted by Crippen LogP contribution is -2.10. The molecule has 1 heterocycles. The SMILES string of the molecule is Cc1cn(-c2cc(C(F)(F)F)cc(F)c2[N+](=O)[O-])c(Br)n1. The van der Waals surface area contributed by atoms with E-state index in [0.717, 1.165) is 4.57 Å². The molecule has 0 radical (unpaired) electrons. The van der Waals surface area contributed by atoms with E-state index in [0.29, 0.717) is 11.8 Å². The number of aryl methyl sites for hydroxylation is 1. The third-order valence-corrected chi connectivity index (χ3v) is 3.16. The third-order valence-electron chi connectivity index (χ3n) is 2.60. The molecule has 0 fully saturated rings. The first kappa shape index (κ1) is 15.4. The first-order chi connectivity index (χ1) is 9.61. The molecule has 2 aromatic rings. The lowest BCUT2D eigenvalue weighted by molar-refractivity contribution is -0.387. The maximum atomic E-state index is 13.7. The van der Waals surface area contributed by atoms with Gasteiger partial charge in [0.15, 0.2) is 4.73 Å². The summed E-state index contributed by atoms with van der Waals surface area (Å²) in [6.07, 6.45) is -3.57. The number of nitro benzene ring substituents is 1. The highest BCUT2D eigenvalue weighted by atomic mass is 79.9. The second-order valence-corrected chi connectivity index (χ2v) is 4.81. The molecule has 5 nitrogen and oxygen atoms in total. The summed E-state index contributed by atoms with van der Waals surface area (Å²) in [7, 11) is 0. The number of rotatable bonds is 2. The van der Waals surface area contributed by atoms with Crippen LogP contribution in [0.2, 0.25) is 0 Å². The number of nitro groups is 1. The average molecular weight is 368 g/mol. The minimum atomic E-state index is -4.83. The zero-order valence-corrected chi connectivity index (χ0v) is 11.9. The minimum absolute atomic E-state index is 0.0295. The van der Waals surface area contributed by atoms with Crippen LogP contribution in [0.1, 0.15) is 11.3 Å². The van der Waals surface area contributed by atoms with Gasteiger partial charge in [0.05, 0.1) is 16.2 Å². The summed E-state index contributed by atoms with van der Waals surface area (Å²) < 4.78 is 52.9. The molecule has 0 saturated heterocycles. The Labute approximate surface area is 123 Å². The minimum Gasteiger partial charge on any atom is -0.288 e. The normalized spacial score (nSPS) is 11.7. The summed E-state index contributed by atoms with van der Waals surface area (Å²) in [5.41, 5.74) is -2.53. The van der Waals surface area contributed by atoms with Gasteiger partial charge in [-0.05, 0) is 35.0 Å². The molecule has 1 aromatic heterocycles. The second-order valence-electron chi connectivity index (χ2n) is 4.10. The fourth-order valence-electron chi connectivity index (χ4n) is 1.75. The monoisotopic (exact) mass is 367 g/mol. The molecule has 21 heavy (non-hydrogen) atoms. The van der Waals surface area contributed by atoms with E-state index in [1.165, 1.54) is 13.1 Å². The van der Waals surface area contributed by atoms with Gasteiger partial charge in [-0.25, -0.2) is 4.98 Å². The van der Waals surface area contributed by atoms with Gasteiger partial charge in [-0.3, -0.25) is 14.7 Å². The van der Waals surface area contributed by atoms with Crippen molar-refractivity contribution in [3.63, 3.8) is 0 Å². The lowest BCUT2D eigenvalue weighted by atomic mass is 10.1. The van der Waals surface area contributed by atoms with Gasteiger partial charge in [0.1, 0.15) is 5.69 Å². The quantitative estimate of drug-likeness (QED) is 0.457. The fourth-order valence-corrected chi connectivity index (χ4v) is 2.32. The van der Waals surface area contributed by atoms with Gasteiger partial charge in [-0.15, -0.1) is 0 Å². The highest BCUT2D eigenvalue weighted by Crippen LogP contribution is 2.36. The number of aromatic nitrogens is 2. The predicted octanol–water partition coefficient (Wildman–Crippen LogP) is 4.01. The number of halogens is 5. The standard InChI is InChI=1S/C11H6BrF4N3O2/c1-5-4-18(10(12)17-5)8-3-6(11(14,15)16)2-7(13)9(8)19(20)21/h2-4H,1H3. The summed E-state index contributed by atoms with van der Waals surface area (Å²) in [5.74, 6) is -1.57. The van der Waals surface area contributed by atoms with E-state index in [1.54, 1.807) is 0 Å². The Kier molecular flexibility index (Phi) is 3.74. The van der Waals surface area contributed by atoms with Gasteiger partial charge in [0, 0.05) is 6.20 Å². The van der Waals surface area contributed by atoms with Crippen LogP contribution >= 0.6 is 15.9 Å². The Morgan fingerprint density at radius 2 is 2.00 bits per heavy atom. The van der Waals surface area contributed by atoms with Crippen LogP contribution in [-0.4, -0.2) is 14.5 Å². The summed E-state index contributed by atoms with van der Waals surface area (Å²) >= 11 is 2.96. The van der Waals surface area contributed by atoms with Crippen molar-refractivity contribution in [2.24, 2.45) is 0 Å². The second kappa shape index (κ2) is 5.10. The molecular weight excluding hydrogens is 362 g/mol. The van der Waals surface area contributed by atoms with Gasteiger partial charge in [0.25, 0.3) is 0 Å². The van der Waals surface area contributed by atoms with E-state index in [2.05, 4.69) is 20.9 Å². The lowest BCUT2D eigenvalue weighted by Gasteiger charge is -2.11. The van der Waals surface area contributed by atoms with Crippen LogP contribution in [0.4, 0.5) is 23.2 Å². The van der Waals surface area contributed by atoms with Crippen molar-refractivity contribution in [3.05, 3.63) is 50.3 Å². The van der Waals surface area contributed by atoms with E-state index in [-0.39, 0.29) is 10.8 Å². The van der Waals surface area contributed by atoms with E-state index in [1.807, 2.05) is 0 Å². The summed E-state index contributed by atoms with van der Waals surface area (Å²) in [6, 6.07) is 0.604. The Morgan fingerprint density at radius 3 is 2.43 bits per heavy atom. The number of benzene rings is 1. The number of nitrogens with zero attached hydrogens (tertiary/aromatic N) is 3. The molecule has 0 bridgehead atoms. The van der Waals surface area contributed by atoms with E-state index in [9.17, 15) is 27.7 Å². The average Bonchev–Trinajstić information content (AvgIpc) is 2.65. The van der Waals surface area contributed by atoms with E-state index < -0.39 is 33.9 Å². The maximum absolute atomic E-state index is 13.7. The van der Waals surface area contributed by atoms with Gasteiger partial charge in [-0.2, -0.15) is 17.6 Å². The predicted molar refractivity (Wildman–Crippen MR) is 67.6 cm³/mol. The molecule has 0 amide bonds. The molecule has 2 rings (SSSR count). The van der Waals surface area contributed by atoms with Crippen molar-refractivity contribution in [1.82, 2.24) is 9.55 Å². The largest absolute Gasteiger partial charge is 0.416 e. The zero-order valence-electron chi connectivity index (χ0n) is 10.3. The summed E-state index contributed by atoms with van der Waals surface area (Å²) in [6.45, 7) is 1.54. The zero-order chi connectivity index (χ0) is 15.9. The van der Waals surface area contributed by atoms with Gasteiger partial charge in [-0.1, -0.05) is 0 Å². The molecule has 0 saturated carbocycles. The Morgan fingerprint density at radius 1 is 1.38 bits per heavy atom. The molecule has 112 valence electrons. The molecule has 1 aromatic carbocycles. The number of alkyl halides is 3. The van der Waals surface area contributed by atoms with Crippen molar-refractivity contribution in [1.29, 1.82) is 0 Å². The van der Waals surface area contributed by atoms with Gasteiger partial charge < -0.3 is 0 Å². The Balaban J connectivity index is 2.81. The van der Waals surface area contributed by atoms with Crippen LogP contribution in [0, 0.1) is 22.9 Å². The molecule has 0 unspecified atom stereocenters. The van der Waals surface area contributed by atoms with Crippen molar-refractivity contribution in [2.45, 2.75) is 13.1 Å². The molecule has 0 N–H and O–H groups in total. The first-order valence-corrected chi connectivity index (χ1v) is 6.17. The van der Waals surface area contributed by atoms with Crippen LogP contribution in [0.5, 0.6) is 0 Å². The van der Waals surface area contributed by atoms with Crippen molar-refractivity contribution in [2.75, 3.05) is 0 Å². The maximum Gasteiger partial charge on any atom is 0.416 e. The topological polar surface area (TPSA) is 61.0 Å². The Hall–Kier alpha value is -1.97. The van der Waals surface area contributed by atoms with Gasteiger partial charge in [0.2, 0.25) is 5.82 Å². The van der Waals surface area contributed by atoms with E-state index in [4.69, 9.17) is 0 Å². The molecule has 0 aliphatic heterocycles. The molecule has 10 heteroatoms. The highest BCUT2D eigenvalue weighted by molar-refractivity contribution is 9.10. The van der Waals surface area contributed by atoms with Crippen molar-refractivity contribution >= 4 is 21.6 Å². The van der Waals surface area contributed by atoms with Crippen LogP contribution in [0.15, 0.2) is 23.1 Å². The fraction of sp³-hybridized carbons (Fsp3) is 0.182. The highest BCUT2D eigenvalue weighted by Gasteiger charge is 2.35. The number of hydrogen-bond donors (Lipinski definition) is 0. The third kappa shape index (κ3) is 2.89. The number of imidazole rings is 1. The first-order valence-electron chi connectivity index (χ1n) is 5.38. The van der Waals surface area contributed by atoms with Crippen molar-refractivity contribution < 1.29 is 22.5 Å². The number of hydrogen-bond acceptors (Lipinski definition) is 3. The molecule has 0 aliphatic carbocycles. The van der Waals surface area contributed by atoms with Gasteiger partial charge >= 0.3 is 11.9 Å². The smallest absolute Gasteiger partial charge is 0.288 e. The van der Waals surface area contributed by atoms with Crippen LogP contribution in [-0.2, 0) is 6.18 Å². The molecule has 0 aliphatic rings. The van der Waals surface area contributed by atoms with Crippen LogP contribution in [0.25, 0.3) is 5.69 Å². The van der Waals surface area contributed by atoms with Crippen LogP contribution in [0.3, 0.4) is 0 Å². The van der Waals surface area contributed by atoms with E-state index >= 15 is 0 Å². The Bertz CT molecular complexity index is 727. The molecule has 0 spiro atoms. The summed E-state index contributed by atoms with van der Waals surface area (Å²) in [5, 5.41) is 10.9. The molecule has 0 atom stereocenters.